The molecule has 110 valence electrons. The number of nitrogens with zero attached hydrogens (tertiary/aromatic N) is 1. The van der Waals surface area contributed by atoms with Crippen molar-refractivity contribution < 1.29 is 9.53 Å². The van der Waals surface area contributed by atoms with E-state index in [1.807, 2.05) is 0 Å². The van der Waals surface area contributed by atoms with Gasteiger partial charge < -0.3 is 15.4 Å². The highest BCUT2D eigenvalue weighted by molar-refractivity contribution is 6.34. The topological polar surface area (TPSA) is 55.6 Å². The van der Waals surface area contributed by atoms with Crippen LogP contribution in [0.2, 0.25) is 5.02 Å². The third-order valence-corrected chi connectivity index (χ3v) is 4.16. The summed E-state index contributed by atoms with van der Waals surface area (Å²) in [5.74, 6) is -0.394. The molecular weight excluding hydrogens is 276 g/mol. The zero-order valence-corrected chi connectivity index (χ0v) is 12.7. The molecule has 0 amide bonds. The van der Waals surface area contributed by atoms with E-state index in [0.29, 0.717) is 22.3 Å². The predicted molar refractivity (Wildman–Crippen MR) is 82.5 cm³/mol. The maximum absolute atomic E-state index is 12.0. The first kappa shape index (κ1) is 15.0. The molecule has 0 bridgehead atoms. The molecular formula is C15H21ClN2O2. The van der Waals surface area contributed by atoms with E-state index in [-0.39, 0.29) is 0 Å². The number of hydrogen-bond donors (Lipinski definition) is 1. The van der Waals surface area contributed by atoms with Crippen LogP contribution in [0.5, 0.6) is 0 Å². The van der Waals surface area contributed by atoms with Crippen LogP contribution in [0.1, 0.15) is 43.0 Å². The van der Waals surface area contributed by atoms with Crippen molar-refractivity contribution in [1.29, 1.82) is 0 Å². The highest BCUT2D eigenvalue weighted by Crippen LogP contribution is 2.37. The first-order chi connectivity index (χ1) is 9.58. The van der Waals surface area contributed by atoms with Crippen LogP contribution < -0.4 is 10.6 Å². The summed E-state index contributed by atoms with van der Waals surface area (Å²) in [4.78, 5) is 14.2. The number of carbonyl (C=O) groups excluding carboxylic acids is 1. The molecule has 1 aliphatic rings. The number of methoxy groups -OCH3 is 1. The molecule has 1 atom stereocenters. The third-order valence-electron chi connectivity index (χ3n) is 3.88. The molecule has 1 aromatic rings. The van der Waals surface area contributed by atoms with Crippen LogP contribution in [0.4, 0.5) is 11.4 Å². The molecule has 2 rings (SSSR count). The van der Waals surface area contributed by atoms with Crippen molar-refractivity contribution in [3.05, 3.63) is 22.7 Å². The number of benzene rings is 1. The van der Waals surface area contributed by atoms with Gasteiger partial charge in [0.15, 0.2) is 0 Å². The number of ether oxygens (including phenoxy) is 1. The van der Waals surface area contributed by atoms with Gasteiger partial charge >= 0.3 is 5.97 Å². The summed E-state index contributed by atoms with van der Waals surface area (Å²) in [5.41, 5.74) is 7.50. The summed E-state index contributed by atoms with van der Waals surface area (Å²) in [6.45, 7) is 3.07. The number of piperidine rings is 1. The third kappa shape index (κ3) is 2.85. The second-order valence-corrected chi connectivity index (χ2v) is 5.55. The number of rotatable bonds is 3. The Morgan fingerprint density at radius 2 is 2.25 bits per heavy atom. The number of carbonyl (C=O) groups is 1. The molecule has 0 aliphatic carbocycles. The lowest BCUT2D eigenvalue weighted by Crippen LogP contribution is -2.40. The molecule has 4 nitrogen and oxygen atoms in total. The Hall–Kier alpha value is -1.42. The highest BCUT2D eigenvalue weighted by Gasteiger charge is 2.27. The van der Waals surface area contributed by atoms with E-state index in [1.54, 1.807) is 12.1 Å². The van der Waals surface area contributed by atoms with Crippen LogP contribution in [0.3, 0.4) is 0 Å². The van der Waals surface area contributed by atoms with Gasteiger partial charge in [-0.05, 0) is 37.8 Å². The minimum Gasteiger partial charge on any atom is -0.465 e. The molecule has 0 saturated carbocycles. The summed E-state index contributed by atoms with van der Waals surface area (Å²) < 4.78 is 4.87. The van der Waals surface area contributed by atoms with Crippen molar-refractivity contribution in [1.82, 2.24) is 0 Å². The van der Waals surface area contributed by atoms with Gasteiger partial charge in [0.2, 0.25) is 0 Å². The number of halogens is 1. The van der Waals surface area contributed by atoms with Crippen LogP contribution in [0.15, 0.2) is 12.1 Å². The van der Waals surface area contributed by atoms with Crippen molar-refractivity contribution in [3.8, 4) is 0 Å². The van der Waals surface area contributed by atoms with Gasteiger partial charge in [-0.1, -0.05) is 18.5 Å². The monoisotopic (exact) mass is 296 g/mol. The fourth-order valence-electron chi connectivity index (χ4n) is 2.90. The molecule has 0 radical (unpaired) electrons. The Bertz CT molecular complexity index is 505. The lowest BCUT2D eigenvalue weighted by molar-refractivity contribution is 0.0601. The van der Waals surface area contributed by atoms with Gasteiger partial charge in [0.05, 0.1) is 23.4 Å². The molecule has 1 unspecified atom stereocenters. The normalized spacial score (nSPS) is 18.9. The molecule has 1 fully saturated rings. The van der Waals surface area contributed by atoms with E-state index in [0.717, 1.165) is 31.5 Å². The standard InChI is InChI=1S/C15H21ClN2O2/c1-3-11-6-4-5-7-18(11)14-12(15(19)20-2)8-10(17)9-13(14)16/h8-9,11H,3-7,17H2,1-2H3. The smallest absolute Gasteiger partial charge is 0.340 e. The molecule has 5 heteroatoms. The van der Waals surface area contributed by atoms with Gasteiger partial charge in [-0.15, -0.1) is 0 Å². The average molecular weight is 297 g/mol. The minimum atomic E-state index is -0.394. The van der Waals surface area contributed by atoms with E-state index in [9.17, 15) is 4.79 Å². The molecule has 20 heavy (non-hydrogen) atoms. The lowest BCUT2D eigenvalue weighted by Gasteiger charge is -2.38. The number of nitrogens with two attached hydrogens (primary N) is 1. The maximum Gasteiger partial charge on any atom is 0.340 e. The molecule has 1 heterocycles. The number of nitrogen functional groups attached to an aromatic ring is 1. The summed E-state index contributed by atoms with van der Waals surface area (Å²) in [5, 5.41) is 0.519. The Labute approximate surface area is 124 Å². The fraction of sp³-hybridized carbons (Fsp3) is 0.533. The van der Waals surface area contributed by atoms with Crippen molar-refractivity contribution in [2.45, 2.75) is 38.6 Å². The number of hydrogen-bond acceptors (Lipinski definition) is 4. The van der Waals surface area contributed by atoms with E-state index < -0.39 is 5.97 Å². The Kier molecular flexibility index (Phi) is 4.76. The molecule has 1 saturated heterocycles. The lowest BCUT2D eigenvalue weighted by atomic mass is 9.97. The number of esters is 1. The maximum atomic E-state index is 12.0. The Morgan fingerprint density at radius 1 is 1.50 bits per heavy atom. The Balaban J connectivity index is 2.50. The largest absolute Gasteiger partial charge is 0.465 e. The number of anilines is 2. The minimum absolute atomic E-state index is 0.394. The van der Waals surface area contributed by atoms with Crippen molar-refractivity contribution >= 4 is 28.9 Å². The first-order valence-electron chi connectivity index (χ1n) is 7.02. The van der Waals surface area contributed by atoms with Crippen LogP contribution in [-0.4, -0.2) is 25.7 Å². The summed E-state index contributed by atoms with van der Waals surface area (Å²) in [6, 6.07) is 3.76. The fourth-order valence-corrected chi connectivity index (χ4v) is 3.23. The van der Waals surface area contributed by atoms with E-state index in [2.05, 4.69) is 11.8 Å². The molecule has 1 aliphatic heterocycles. The quantitative estimate of drug-likeness (QED) is 0.685. The van der Waals surface area contributed by atoms with Gasteiger partial charge in [0.25, 0.3) is 0 Å². The second kappa shape index (κ2) is 6.35. The predicted octanol–water partition coefficient (Wildman–Crippen LogP) is 3.48. The van der Waals surface area contributed by atoms with Crippen LogP contribution >= 0.6 is 11.6 Å². The first-order valence-corrected chi connectivity index (χ1v) is 7.40. The van der Waals surface area contributed by atoms with Crippen LogP contribution in [0.25, 0.3) is 0 Å². The molecule has 0 aromatic heterocycles. The van der Waals surface area contributed by atoms with Crippen molar-refractivity contribution in [3.63, 3.8) is 0 Å². The van der Waals surface area contributed by atoms with Gasteiger partial charge in [-0.3, -0.25) is 0 Å². The molecule has 2 N–H and O–H groups in total. The molecule has 0 spiro atoms. The zero-order chi connectivity index (χ0) is 14.7. The van der Waals surface area contributed by atoms with E-state index in [4.69, 9.17) is 22.1 Å². The van der Waals surface area contributed by atoms with Crippen molar-refractivity contribution in [2.75, 3.05) is 24.3 Å². The van der Waals surface area contributed by atoms with E-state index >= 15 is 0 Å². The average Bonchev–Trinajstić information content (AvgIpc) is 2.45. The highest BCUT2D eigenvalue weighted by atomic mass is 35.5. The van der Waals surface area contributed by atoms with Crippen molar-refractivity contribution in [2.24, 2.45) is 0 Å². The van der Waals surface area contributed by atoms with Crippen LogP contribution in [0, 0.1) is 0 Å². The second-order valence-electron chi connectivity index (χ2n) is 5.14. The summed E-state index contributed by atoms with van der Waals surface area (Å²) in [7, 11) is 1.37. The zero-order valence-electron chi connectivity index (χ0n) is 12.0. The SMILES string of the molecule is CCC1CCCCN1c1c(Cl)cc(N)cc1C(=O)OC. The summed E-state index contributed by atoms with van der Waals surface area (Å²) >= 11 is 6.36. The van der Waals surface area contributed by atoms with Gasteiger partial charge in [0.1, 0.15) is 0 Å². The molecule has 1 aromatic carbocycles. The summed E-state index contributed by atoms with van der Waals surface area (Å²) in [6.07, 6.45) is 4.48. The van der Waals surface area contributed by atoms with E-state index in [1.165, 1.54) is 13.5 Å². The van der Waals surface area contributed by atoms with Crippen LogP contribution in [-0.2, 0) is 4.74 Å². The Morgan fingerprint density at radius 3 is 2.90 bits per heavy atom. The van der Waals surface area contributed by atoms with Gasteiger partial charge in [0, 0.05) is 18.3 Å². The van der Waals surface area contributed by atoms with Gasteiger partial charge in [-0.25, -0.2) is 4.79 Å². The van der Waals surface area contributed by atoms with Gasteiger partial charge in [-0.2, -0.15) is 0 Å².